The molecule has 0 radical (unpaired) electrons. The van der Waals surface area contributed by atoms with E-state index in [0.29, 0.717) is 5.75 Å². The maximum absolute atomic E-state index is 13.6. The average molecular weight is 276 g/mol. The number of ether oxygens (including phenoxy) is 1. The van der Waals surface area contributed by atoms with Crippen LogP contribution in [0.5, 0.6) is 5.75 Å². The fourth-order valence-electron chi connectivity index (χ4n) is 1.17. The largest absolute Gasteiger partial charge is 0.495 e. The van der Waals surface area contributed by atoms with Gasteiger partial charge in [0.1, 0.15) is 5.75 Å². The first-order chi connectivity index (χ1) is 7.11. The van der Waals surface area contributed by atoms with Crippen LogP contribution >= 0.6 is 15.9 Å². The van der Waals surface area contributed by atoms with E-state index >= 15 is 0 Å². The Morgan fingerprint density at radius 2 is 2.27 bits per heavy atom. The van der Waals surface area contributed by atoms with Gasteiger partial charge in [0.15, 0.2) is 11.6 Å². The number of hydrogen-bond acceptors (Lipinski definition) is 3. The van der Waals surface area contributed by atoms with E-state index in [4.69, 9.17) is 10.5 Å². The summed E-state index contributed by atoms with van der Waals surface area (Å²) in [6.07, 6.45) is 0.135. The summed E-state index contributed by atoms with van der Waals surface area (Å²) in [7, 11) is 1.43. The second-order valence-electron chi connectivity index (χ2n) is 2.91. The molecule has 0 bridgehead atoms. The molecule has 82 valence electrons. The monoisotopic (exact) mass is 275 g/mol. The molecule has 0 atom stereocenters. The molecule has 1 aromatic rings. The van der Waals surface area contributed by atoms with Crippen LogP contribution in [0.2, 0.25) is 0 Å². The molecule has 0 unspecified atom stereocenters. The first kappa shape index (κ1) is 12.1. The van der Waals surface area contributed by atoms with Gasteiger partial charge >= 0.3 is 0 Å². The van der Waals surface area contributed by atoms with Gasteiger partial charge in [0.05, 0.1) is 17.1 Å². The summed E-state index contributed by atoms with van der Waals surface area (Å²) in [6.45, 7) is 0.210. The van der Waals surface area contributed by atoms with Gasteiger partial charge in [-0.2, -0.15) is 0 Å². The van der Waals surface area contributed by atoms with E-state index in [9.17, 15) is 9.18 Å². The number of hydrogen-bond donors (Lipinski definition) is 1. The predicted octanol–water partition coefficient (Wildman–Crippen LogP) is 2.13. The molecule has 0 aliphatic heterocycles. The van der Waals surface area contributed by atoms with E-state index in [0.717, 1.165) is 0 Å². The Balaban J connectivity index is 3.11. The van der Waals surface area contributed by atoms with Gasteiger partial charge in [0.2, 0.25) is 0 Å². The number of carbonyl (C=O) groups excluding carboxylic acids is 1. The molecule has 0 heterocycles. The molecule has 1 aromatic carbocycles. The van der Waals surface area contributed by atoms with Gasteiger partial charge < -0.3 is 10.5 Å². The first-order valence-corrected chi connectivity index (χ1v) is 5.16. The van der Waals surface area contributed by atoms with E-state index in [-0.39, 0.29) is 28.8 Å². The number of rotatable bonds is 4. The molecule has 0 aliphatic rings. The third-order valence-electron chi connectivity index (χ3n) is 1.94. The molecular weight excluding hydrogens is 265 g/mol. The Kier molecular flexibility index (Phi) is 4.23. The molecule has 0 aromatic heterocycles. The summed E-state index contributed by atoms with van der Waals surface area (Å²) in [4.78, 5) is 11.4. The minimum absolute atomic E-state index is 0.0353. The number of nitrogens with two attached hydrogens (primary N) is 1. The quantitative estimate of drug-likeness (QED) is 0.857. The van der Waals surface area contributed by atoms with Gasteiger partial charge in [0, 0.05) is 6.42 Å². The van der Waals surface area contributed by atoms with Crippen molar-refractivity contribution in [1.29, 1.82) is 0 Å². The van der Waals surface area contributed by atoms with E-state index < -0.39 is 5.82 Å². The minimum atomic E-state index is -0.604. The fraction of sp³-hybridized carbons (Fsp3) is 0.300. The van der Waals surface area contributed by atoms with Crippen molar-refractivity contribution in [1.82, 2.24) is 0 Å². The topological polar surface area (TPSA) is 52.3 Å². The highest BCUT2D eigenvalue weighted by Crippen LogP contribution is 2.30. The van der Waals surface area contributed by atoms with Crippen LogP contribution in [-0.4, -0.2) is 19.4 Å². The molecule has 2 N–H and O–H groups in total. The molecule has 5 heteroatoms. The summed E-state index contributed by atoms with van der Waals surface area (Å²) in [5.74, 6) is -0.553. The summed E-state index contributed by atoms with van der Waals surface area (Å²) in [5.41, 5.74) is 5.27. The van der Waals surface area contributed by atoms with Crippen molar-refractivity contribution in [3.63, 3.8) is 0 Å². The van der Waals surface area contributed by atoms with Crippen LogP contribution in [0.1, 0.15) is 16.8 Å². The van der Waals surface area contributed by atoms with Gasteiger partial charge in [0.25, 0.3) is 0 Å². The lowest BCUT2D eigenvalue weighted by atomic mass is 10.1. The van der Waals surface area contributed by atoms with Crippen molar-refractivity contribution >= 4 is 21.7 Å². The summed E-state index contributed by atoms with van der Waals surface area (Å²) >= 11 is 3.03. The van der Waals surface area contributed by atoms with Crippen molar-refractivity contribution in [2.24, 2.45) is 5.73 Å². The number of benzene rings is 1. The van der Waals surface area contributed by atoms with E-state index in [1.165, 1.54) is 19.2 Å². The smallest absolute Gasteiger partial charge is 0.167 e. The lowest BCUT2D eigenvalue weighted by Gasteiger charge is -2.07. The fourth-order valence-corrected chi connectivity index (χ4v) is 1.68. The zero-order valence-corrected chi connectivity index (χ0v) is 9.80. The second-order valence-corrected chi connectivity index (χ2v) is 3.70. The van der Waals surface area contributed by atoms with Gasteiger partial charge in [-0.1, -0.05) is 0 Å². The van der Waals surface area contributed by atoms with Crippen molar-refractivity contribution in [2.45, 2.75) is 6.42 Å². The van der Waals surface area contributed by atoms with Crippen LogP contribution in [0.25, 0.3) is 0 Å². The van der Waals surface area contributed by atoms with Gasteiger partial charge in [-0.15, -0.1) is 0 Å². The number of methoxy groups -OCH3 is 1. The van der Waals surface area contributed by atoms with Crippen LogP contribution in [0.4, 0.5) is 4.39 Å². The van der Waals surface area contributed by atoms with E-state index in [2.05, 4.69) is 15.9 Å². The maximum Gasteiger partial charge on any atom is 0.167 e. The SMILES string of the molecule is COc1ccc(C(=O)CCN)c(F)c1Br. The molecule has 0 saturated carbocycles. The summed E-state index contributed by atoms with van der Waals surface area (Å²) in [5, 5.41) is 0. The number of carbonyl (C=O) groups is 1. The Morgan fingerprint density at radius 1 is 1.60 bits per heavy atom. The van der Waals surface area contributed by atoms with Crippen molar-refractivity contribution < 1.29 is 13.9 Å². The third-order valence-corrected chi connectivity index (χ3v) is 2.68. The molecule has 0 spiro atoms. The zero-order valence-electron chi connectivity index (χ0n) is 8.22. The highest BCUT2D eigenvalue weighted by Gasteiger charge is 2.16. The third kappa shape index (κ3) is 2.54. The standard InChI is InChI=1S/C10H11BrFNO2/c1-15-8-3-2-6(7(14)4-5-13)10(12)9(8)11/h2-3H,4-5,13H2,1H3. The molecule has 0 amide bonds. The average Bonchev–Trinajstić information content (AvgIpc) is 2.22. The Morgan fingerprint density at radius 3 is 2.80 bits per heavy atom. The van der Waals surface area contributed by atoms with Crippen molar-refractivity contribution in [3.8, 4) is 5.75 Å². The molecular formula is C10H11BrFNO2. The highest BCUT2D eigenvalue weighted by atomic mass is 79.9. The molecule has 0 aliphatic carbocycles. The predicted molar refractivity (Wildman–Crippen MR) is 58.7 cm³/mol. The molecule has 1 rings (SSSR count). The van der Waals surface area contributed by atoms with Crippen LogP contribution in [0, 0.1) is 5.82 Å². The van der Waals surface area contributed by atoms with E-state index in [1.807, 2.05) is 0 Å². The van der Waals surface area contributed by atoms with Crippen molar-refractivity contribution in [2.75, 3.05) is 13.7 Å². The summed E-state index contributed by atoms with van der Waals surface area (Å²) in [6, 6.07) is 2.94. The number of ketones is 1. The van der Waals surface area contributed by atoms with Gasteiger partial charge in [-0.3, -0.25) is 4.79 Å². The van der Waals surface area contributed by atoms with Crippen molar-refractivity contribution in [3.05, 3.63) is 28.0 Å². The minimum Gasteiger partial charge on any atom is -0.495 e. The van der Waals surface area contributed by atoms with Crippen LogP contribution in [0.15, 0.2) is 16.6 Å². The lowest BCUT2D eigenvalue weighted by molar-refractivity contribution is 0.0981. The zero-order chi connectivity index (χ0) is 11.4. The Labute approximate surface area is 95.5 Å². The normalized spacial score (nSPS) is 10.1. The number of halogens is 2. The van der Waals surface area contributed by atoms with Crippen LogP contribution < -0.4 is 10.5 Å². The molecule has 15 heavy (non-hydrogen) atoms. The molecule has 3 nitrogen and oxygen atoms in total. The Hall–Kier alpha value is -0.940. The first-order valence-electron chi connectivity index (χ1n) is 4.37. The molecule has 0 saturated heterocycles. The second kappa shape index (κ2) is 5.23. The van der Waals surface area contributed by atoms with Gasteiger partial charge in [-0.05, 0) is 34.6 Å². The highest BCUT2D eigenvalue weighted by molar-refractivity contribution is 9.10. The van der Waals surface area contributed by atoms with E-state index in [1.54, 1.807) is 0 Å². The Bertz CT molecular complexity index is 382. The maximum atomic E-state index is 13.6. The lowest BCUT2D eigenvalue weighted by Crippen LogP contribution is -2.10. The van der Waals surface area contributed by atoms with Crippen LogP contribution in [0.3, 0.4) is 0 Å². The number of Topliss-reactive ketones (excluding diaryl/α,β-unsaturated/α-hetero) is 1. The summed E-state index contributed by atoms with van der Waals surface area (Å²) < 4.78 is 18.7. The van der Waals surface area contributed by atoms with Crippen LogP contribution in [-0.2, 0) is 0 Å². The molecule has 0 fully saturated rings. The van der Waals surface area contributed by atoms with Gasteiger partial charge in [-0.25, -0.2) is 4.39 Å².